The number of alkyl halides is 1. The standard InChI is InChI=1S/C12H16Cl2O/c1-3-5-9(2)15-12-10(8-13)6-4-7-11(12)14/h4,6-7,9H,3,5,8H2,1-2H3. The lowest BCUT2D eigenvalue weighted by Crippen LogP contribution is -2.12. The molecule has 0 saturated carbocycles. The van der Waals surface area contributed by atoms with Crippen LogP contribution in [0, 0.1) is 0 Å². The second kappa shape index (κ2) is 6.24. The van der Waals surface area contributed by atoms with Crippen molar-refractivity contribution in [2.75, 3.05) is 0 Å². The van der Waals surface area contributed by atoms with E-state index in [1.807, 2.05) is 25.1 Å². The summed E-state index contributed by atoms with van der Waals surface area (Å²) in [4.78, 5) is 0. The maximum Gasteiger partial charge on any atom is 0.142 e. The maximum absolute atomic E-state index is 6.07. The van der Waals surface area contributed by atoms with Crippen molar-refractivity contribution < 1.29 is 4.74 Å². The van der Waals surface area contributed by atoms with E-state index in [-0.39, 0.29) is 6.10 Å². The van der Waals surface area contributed by atoms with Gasteiger partial charge in [-0.1, -0.05) is 37.1 Å². The molecule has 1 rings (SSSR count). The molecule has 84 valence electrons. The highest BCUT2D eigenvalue weighted by Gasteiger charge is 2.10. The Balaban J connectivity index is 2.82. The molecule has 0 radical (unpaired) electrons. The molecule has 0 N–H and O–H groups in total. The average molecular weight is 247 g/mol. The van der Waals surface area contributed by atoms with Crippen LogP contribution in [0.15, 0.2) is 18.2 Å². The van der Waals surface area contributed by atoms with Gasteiger partial charge in [-0.3, -0.25) is 0 Å². The van der Waals surface area contributed by atoms with Crippen LogP contribution in [0.4, 0.5) is 0 Å². The minimum absolute atomic E-state index is 0.178. The van der Waals surface area contributed by atoms with Crippen LogP contribution in [0.5, 0.6) is 5.75 Å². The van der Waals surface area contributed by atoms with Crippen molar-refractivity contribution >= 4 is 23.2 Å². The molecule has 1 aromatic rings. The Morgan fingerprint density at radius 1 is 1.40 bits per heavy atom. The summed E-state index contributed by atoms with van der Waals surface area (Å²) in [7, 11) is 0. The van der Waals surface area contributed by atoms with Gasteiger partial charge in [0, 0.05) is 5.56 Å². The molecule has 0 spiro atoms. The SMILES string of the molecule is CCCC(C)Oc1c(Cl)cccc1CCl. The Morgan fingerprint density at radius 3 is 2.73 bits per heavy atom. The van der Waals surface area contributed by atoms with E-state index in [9.17, 15) is 0 Å². The molecule has 0 aliphatic carbocycles. The Kier molecular flexibility index (Phi) is 5.27. The molecule has 0 heterocycles. The molecule has 0 saturated heterocycles. The Labute approximate surface area is 101 Å². The van der Waals surface area contributed by atoms with Crippen LogP contribution in [0.3, 0.4) is 0 Å². The third-order valence-electron chi connectivity index (χ3n) is 2.21. The van der Waals surface area contributed by atoms with Gasteiger partial charge in [-0.15, -0.1) is 11.6 Å². The van der Waals surface area contributed by atoms with Gasteiger partial charge in [-0.2, -0.15) is 0 Å². The summed E-state index contributed by atoms with van der Waals surface area (Å²) >= 11 is 11.9. The van der Waals surface area contributed by atoms with Crippen LogP contribution in [-0.4, -0.2) is 6.10 Å². The zero-order valence-electron chi connectivity index (χ0n) is 9.09. The van der Waals surface area contributed by atoms with Gasteiger partial charge in [0.25, 0.3) is 0 Å². The van der Waals surface area contributed by atoms with E-state index < -0.39 is 0 Å². The van der Waals surface area contributed by atoms with Crippen LogP contribution in [0.25, 0.3) is 0 Å². The van der Waals surface area contributed by atoms with E-state index in [1.54, 1.807) is 0 Å². The van der Waals surface area contributed by atoms with Crippen molar-refractivity contribution in [3.05, 3.63) is 28.8 Å². The maximum atomic E-state index is 6.07. The number of halogens is 2. The largest absolute Gasteiger partial charge is 0.489 e. The summed E-state index contributed by atoms with van der Waals surface area (Å²) < 4.78 is 5.79. The molecular weight excluding hydrogens is 231 g/mol. The summed E-state index contributed by atoms with van der Waals surface area (Å²) in [6.07, 6.45) is 2.30. The highest BCUT2D eigenvalue weighted by molar-refractivity contribution is 6.32. The normalized spacial score (nSPS) is 12.5. The number of rotatable bonds is 5. The Hall–Kier alpha value is -0.400. The molecule has 1 aromatic carbocycles. The highest BCUT2D eigenvalue weighted by Crippen LogP contribution is 2.31. The summed E-state index contributed by atoms with van der Waals surface area (Å²) in [6, 6.07) is 5.65. The van der Waals surface area contributed by atoms with Crippen LogP contribution in [0.1, 0.15) is 32.3 Å². The number of ether oxygens (including phenoxy) is 1. The van der Waals surface area contributed by atoms with E-state index in [1.165, 1.54) is 0 Å². The lowest BCUT2D eigenvalue weighted by Gasteiger charge is -2.17. The number of para-hydroxylation sites is 1. The van der Waals surface area contributed by atoms with Gasteiger partial charge >= 0.3 is 0 Å². The van der Waals surface area contributed by atoms with Gasteiger partial charge in [-0.25, -0.2) is 0 Å². The smallest absolute Gasteiger partial charge is 0.142 e. The molecule has 3 heteroatoms. The van der Waals surface area contributed by atoms with Crippen molar-refractivity contribution in [3.63, 3.8) is 0 Å². The fraction of sp³-hybridized carbons (Fsp3) is 0.500. The number of hydrogen-bond acceptors (Lipinski definition) is 1. The zero-order valence-corrected chi connectivity index (χ0v) is 10.6. The van der Waals surface area contributed by atoms with Gasteiger partial charge in [0.15, 0.2) is 0 Å². The van der Waals surface area contributed by atoms with E-state index in [0.29, 0.717) is 10.9 Å². The molecule has 0 amide bonds. The first kappa shape index (κ1) is 12.7. The van der Waals surface area contributed by atoms with Gasteiger partial charge < -0.3 is 4.74 Å². The second-order valence-electron chi connectivity index (χ2n) is 3.58. The van der Waals surface area contributed by atoms with Crippen LogP contribution < -0.4 is 4.74 Å². The monoisotopic (exact) mass is 246 g/mol. The highest BCUT2D eigenvalue weighted by atomic mass is 35.5. The molecule has 1 atom stereocenters. The van der Waals surface area contributed by atoms with Crippen LogP contribution in [-0.2, 0) is 5.88 Å². The first-order chi connectivity index (χ1) is 7.19. The van der Waals surface area contributed by atoms with E-state index >= 15 is 0 Å². The molecule has 0 aromatic heterocycles. The lowest BCUT2D eigenvalue weighted by atomic mass is 10.2. The van der Waals surface area contributed by atoms with Crippen molar-refractivity contribution in [1.82, 2.24) is 0 Å². The van der Waals surface area contributed by atoms with Crippen molar-refractivity contribution in [2.24, 2.45) is 0 Å². The fourth-order valence-electron chi connectivity index (χ4n) is 1.46. The quantitative estimate of drug-likeness (QED) is 0.688. The molecular formula is C12H16Cl2O. The first-order valence-electron chi connectivity index (χ1n) is 5.19. The first-order valence-corrected chi connectivity index (χ1v) is 6.10. The van der Waals surface area contributed by atoms with Gasteiger partial charge in [-0.05, 0) is 19.4 Å². The molecule has 15 heavy (non-hydrogen) atoms. The van der Waals surface area contributed by atoms with Crippen LogP contribution in [0.2, 0.25) is 5.02 Å². The Morgan fingerprint density at radius 2 is 2.13 bits per heavy atom. The minimum Gasteiger partial charge on any atom is -0.489 e. The summed E-state index contributed by atoms with van der Waals surface area (Å²) in [5.74, 6) is 1.16. The molecule has 0 aliphatic rings. The van der Waals surface area contributed by atoms with Crippen LogP contribution >= 0.6 is 23.2 Å². The van der Waals surface area contributed by atoms with Crippen molar-refractivity contribution in [3.8, 4) is 5.75 Å². The third kappa shape index (κ3) is 3.58. The molecule has 0 bridgehead atoms. The second-order valence-corrected chi connectivity index (χ2v) is 4.25. The van der Waals surface area contributed by atoms with Gasteiger partial charge in [0.2, 0.25) is 0 Å². The van der Waals surface area contributed by atoms with Gasteiger partial charge in [0.05, 0.1) is 17.0 Å². The molecule has 0 fully saturated rings. The van der Waals surface area contributed by atoms with Gasteiger partial charge in [0.1, 0.15) is 5.75 Å². The van der Waals surface area contributed by atoms with Crippen molar-refractivity contribution in [1.29, 1.82) is 0 Å². The van der Waals surface area contributed by atoms with Crippen molar-refractivity contribution in [2.45, 2.75) is 38.7 Å². The molecule has 1 nitrogen and oxygen atoms in total. The minimum atomic E-state index is 0.178. The fourth-order valence-corrected chi connectivity index (χ4v) is 1.91. The number of hydrogen-bond donors (Lipinski definition) is 0. The summed E-state index contributed by atoms with van der Waals surface area (Å²) in [6.45, 7) is 4.18. The molecule has 1 unspecified atom stereocenters. The summed E-state index contributed by atoms with van der Waals surface area (Å²) in [5, 5.41) is 0.635. The average Bonchev–Trinajstić information content (AvgIpc) is 2.21. The lowest BCUT2D eigenvalue weighted by molar-refractivity contribution is 0.208. The summed E-state index contributed by atoms with van der Waals surface area (Å²) in [5.41, 5.74) is 0.951. The Bertz CT molecular complexity index is 312. The van der Waals surface area contributed by atoms with E-state index in [0.717, 1.165) is 24.2 Å². The topological polar surface area (TPSA) is 9.23 Å². The van der Waals surface area contributed by atoms with E-state index in [2.05, 4.69) is 6.92 Å². The zero-order chi connectivity index (χ0) is 11.3. The molecule has 0 aliphatic heterocycles. The third-order valence-corrected chi connectivity index (χ3v) is 2.79. The predicted molar refractivity (Wildman–Crippen MR) is 66.0 cm³/mol. The van der Waals surface area contributed by atoms with E-state index in [4.69, 9.17) is 27.9 Å². The number of benzene rings is 1. The predicted octanol–water partition coefficient (Wildman–Crippen LogP) is 4.65.